The molecule has 3 fully saturated rings. The van der Waals surface area contributed by atoms with Gasteiger partial charge in [0.05, 0.1) is 38.6 Å². The number of aliphatic hydroxyl groups excluding tert-OH is 11. The zero-order chi connectivity index (χ0) is 73.9. The third-order valence-corrected chi connectivity index (χ3v) is 19.7. The van der Waals surface area contributed by atoms with Gasteiger partial charge >= 0.3 is 0 Å². The van der Waals surface area contributed by atoms with Gasteiger partial charge in [0, 0.05) is 6.42 Å². The number of unbranched alkanes of at least 4 members (excludes halogenated alkanes) is 31. The van der Waals surface area contributed by atoms with Gasteiger partial charge in [0.25, 0.3) is 0 Å². The van der Waals surface area contributed by atoms with Crippen LogP contribution in [0.4, 0.5) is 0 Å². The molecule has 17 unspecified atom stereocenters. The fraction of sp³-hybridized carbons (Fsp3) is 0.795. The zero-order valence-electron chi connectivity index (χ0n) is 63.1. The van der Waals surface area contributed by atoms with E-state index in [1.54, 1.807) is 0 Å². The predicted molar refractivity (Wildman–Crippen MR) is 406 cm³/mol. The predicted octanol–water partition coefficient (Wildman–Crippen LogP) is 13.6. The molecule has 102 heavy (non-hydrogen) atoms. The fourth-order valence-electron chi connectivity index (χ4n) is 13.2. The molecule has 0 spiro atoms. The first-order valence-corrected chi connectivity index (χ1v) is 40.5. The topological polar surface area (TPSA) is 307 Å². The lowest BCUT2D eigenvalue weighted by atomic mass is 9.96. The van der Waals surface area contributed by atoms with Crippen molar-refractivity contribution in [3.05, 3.63) is 97.2 Å². The van der Waals surface area contributed by atoms with Gasteiger partial charge in [0.2, 0.25) is 5.91 Å². The van der Waals surface area contributed by atoms with Crippen molar-refractivity contribution in [2.75, 3.05) is 26.4 Å². The summed E-state index contributed by atoms with van der Waals surface area (Å²) in [6.07, 6.45) is 57.7. The highest BCUT2D eigenvalue weighted by molar-refractivity contribution is 5.76. The molecule has 3 aliphatic rings. The van der Waals surface area contributed by atoms with Crippen LogP contribution in [0, 0.1) is 0 Å². The summed E-state index contributed by atoms with van der Waals surface area (Å²) in [4.78, 5) is 13.5. The molecule has 0 saturated carbocycles. The van der Waals surface area contributed by atoms with E-state index in [2.05, 4.69) is 116 Å². The summed E-state index contributed by atoms with van der Waals surface area (Å²) in [5.41, 5.74) is 0. The number of amides is 1. The van der Waals surface area contributed by atoms with E-state index >= 15 is 0 Å². The second kappa shape index (κ2) is 62.7. The molecule has 590 valence electrons. The molecular weight excluding hydrogens is 1300 g/mol. The monoisotopic (exact) mass is 1440 g/mol. The van der Waals surface area contributed by atoms with E-state index in [0.717, 1.165) is 109 Å². The molecule has 19 nitrogen and oxygen atoms in total. The lowest BCUT2D eigenvalue weighted by molar-refractivity contribution is -0.379. The molecule has 0 aliphatic carbocycles. The van der Waals surface area contributed by atoms with Gasteiger partial charge < -0.3 is 89.9 Å². The van der Waals surface area contributed by atoms with Gasteiger partial charge in [-0.2, -0.15) is 0 Å². The summed E-state index contributed by atoms with van der Waals surface area (Å²) in [7, 11) is 0. The summed E-state index contributed by atoms with van der Waals surface area (Å²) < 4.78 is 34.5. The Morgan fingerprint density at radius 1 is 0.363 bits per heavy atom. The van der Waals surface area contributed by atoms with E-state index < -0.39 is 124 Å². The lowest BCUT2D eigenvalue weighted by Gasteiger charge is -2.48. The van der Waals surface area contributed by atoms with Gasteiger partial charge in [0.1, 0.15) is 73.2 Å². The Kier molecular flexibility index (Phi) is 57.1. The highest BCUT2D eigenvalue weighted by atomic mass is 16.8. The molecule has 0 aromatic heterocycles. The maximum Gasteiger partial charge on any atom is 0.220 e. The van der Waals surface area contributed by atoms with Crippen molar-refractivity contribution in [2.45, 2.75) is 394 Å². The smallest absolute Gasteiger partial charge is 0.220 e. The van der Waals surface area contributed by atoms with Crippen molar-refractivity contribution >= 4 is 5.91 Å². The van der Waals surface area contributed by atoms with Crippen LogP contribution < -0.4 is 5.32 Å². The maximum atomic E-state index is 13.5. The quantitative estimate of drug-likeness (QED) is 0.0199. The van der Waals surface area contributed by atoms with Gasteiger partial charge in [-0.1, -0.05) is 304 Å². The molecule has 12 N–H and O–H groups in total. The summed E-state index contributed by atoms with van der Waals surface area (Å²) in [6, 6.07) is -0.897. The van der Waals surface area contributed by atoms with E-state index in [-0.39, 0.29) is 18.9 Å². The molecule has 17 atom stereocenters. The Balaban J connectivity index is 1.36. The number of allylic oxidation sites excluding steroid dienone is 16. The maximum absolute atomic E-state index is 13.5. The minimum absolute atomic E-state index is 0.248. The molecule has 0 bridgehead atoms. The second-order valence-electron chi connectivity index (χ2n) is 28.5. The number of ether oxygens (including phenoxy) is 6. The molecule has 3 heterocycles. The van der Waals surface area contributed by atoms with E-state index in [1.807, 2.05) is 0 Å². The van der Waals surface area contributed by atoms with Gasteiger partial charge in [-0.05, 0) is 77.0 Å². The van der Waals surface area contributed by atoms with Crippen molar-refractivity contribution in [3.8, 4) is 0 Å². The first kappa shape index (κ1) is 92.9. The molecule has 3 aliphatic heterocycles. The summed E-state index contributed by atoms with van der Waals surface area (Å²) >= 11 is 0. The standard InChI is InChI=1S/C83H145NO18/c1-3-5-7-9-11-13-15-17-19-21-23-25-27-28-29-30-31-32-33-34-35-36-37-38-39-41-43-45-47-49-51-53-55-57-59-61-71(89)84-66(67(88)60-58-56-54-52-50-48-46-44-42-40-26-24-22-20-18-16-14-12-10-8-6-4-2)65-97-81-77(95)74(92)79(69(63-86)99-81)102-83-78(96)75(93)80(70(64-87)100-83)101-82-76(94)73(91)72(90)68(62-85)98-82/h5,7,11,13,17,19,23,25,28-29,31-32,34-35,37-38,66-70,72-83,85-88,90-96H,3-4,6,8-10,12,14-16,18,20-22,24,26-27,30,33,36,39-65H2,1-2H3,(H,84,89)/b7-5-,13-11-,19-17-,25-23-,29-28-,32-31-,35-34-,38-37-. The average molecular weight is 1450 g/mol. The molecule has 0 aromatic rings. The van der Waals surface area contributed by atoms with Crippen LogP contribution in [-0.4, -0.2) is 193 Å². The highest BCUT2D eigenvalue weighted by Crippen LogP contribution is 2.33. The van der Waals surface area contributed by atoms with Crippen molar-refractivity contribution in [2.24, 2.45) is 0 Å². The van der Waals surface area contributed by atoms with Crippen LogP contribution in [0.1, 0.15) is 290 Å². The average Bonchev–Trinajstić information content (AvgIpc) is 0.781. The van der Waals surface area contributed by atoms with E-state index in [9.17, 15) is 61.0 Å². The van der Waals surface area contributed by atoms with Crippen LogP contribution in [0.2, 0.25) is 0 Å². The van der Waals surface area contributed by atoms with E-state index in [1.165, 1.54) is 148 Å². The van der Waals surface area contributed by atoms with E-state index in [0.29, 0.717) is 12.8 Å². The van der Waals surface area contributed by atoms with Crippen LogP contribution in [0.25, 0.3) is 0 Å². The Morgan fingerprint density at radius 3 is 1.06 bits per heavy atom. The molecule has 3 saturated heterocycles. The van der Waals surface area contributed by atoms with Crippen molar-refractivity contribution in [3.63, 3.8) is 0 Å². The third kappa shape index (κ3) is 42.3. The number of nitrogens with one attached hydrogen (secondary N) is 1. The minimum atomic E-state index is -1.98. The lowest BCUT2D eigenvalue weighted by Crippen LogP contribution is -2.66. The normalized spacial score (nSPS) is 26.7. The summed E-state index contributed by atoms with van der Waals surface area (Å²) in [6.45, 7) is 1.71. The van der Waals surface area contributed by atoms with Gasteiger partial charge in [0.15, 0.2) is 18.9 Å². The van der Waals surface area contributed by atoms with Crippen LogP contribution in [0.15, 0.2) is 97.2 Å². The third-order valence-electron chi connectivity index (χ3n) is 19.7. The highest BCUT2D eigenvalue weighted by Gasteiger charge is 2.54. The van der Waals surface area contributed by atoms with Crippen LogP contribution in [0.3, 0.4) is 0 Å². The first-order chi connectivity index (χ1) is 49.8. The first-order valence-electron chi connectivity index (χ1n) is 40.5. The number of aliphatic hydroxyl groups is 11. The van der Waals surface area contributed by atoms with Gasteiger partial charge in [-0.3, -0.25) is 4.79 Å². The van der Waals surface area contributed by atoms with E-state index in [4.69, 9.17) is 28.4 Å². The molecule has 3 rings (SSSR count). The Morgan fingerprint density at radius 2 is 0.676 bits per heavy atom. The summed E-state index contributed by atoms with van der Waals surface area (Å²) in [5, 5.41) is 121. The number of rotatable bonds is 63. The van der Waals surface area contributed by atoms with Crippen LogP contribution >= 0.6 is 0 Å². The van der Waals surface area contributed by atoms with Crippen molar-refractivity contribution < 1.29 is 89.4 Å². The SMILES string of the molecule is CC/C=C\C/C=C\C/C=C\C/C=C\C/C=C\C/C=C\C/C=C\C/C=C\CCCCCCCCCCCCC(=O)NC(COC1OC(CO)C(OC2OC(CO)C(OC3OC(CO)C(O)C(O)C3O)C(O)C2O)C(O)C1O)C(O)CCCCCCCCCCCCCCCCCCCCCCCC. The minimum Gasteiger partial charge on any atom is -0.394 e. The van der Waals surface area contributed by atoms with Crippen molar-refractivity contribution in [1.82, 2.24) is 5.32 Å². The Labute approximate surface area is 615 Å². The number of carbonyl (C=O) groups is 1. The van der Waals surface area contributed by atoms with Gasteiger partial charge in [-0.25, -0.2) is 0 Å². The molecule has 0 radical (unpaired) electrons. The van der Waals surface area contributed by atoms with Crippen molar-refractivity contribution in [1.29, 1.82) is 0 Å². The molecule has 1 amide bonds. The number of carbonyl (C=O) groups excluding carboxylic acids is 1. The molecular formula is C83H145NO18. The number of hydrogen-bond donors (Lipinski definition) is 12. The fourth-order valence-corrected chi connectivity index (χ4v) is 13.2. The summed E-state index contributed by atoms with van der Waals surface area (Å²) in [5.74, 6) is -0.248. The molecule has 19 heteroatoms. The van der Waals surface area contributed by atoms with Crippen LogP contribution in [0.5, 0.6) is 0 Å². The Bertz CT molecular complexity index is 2220. The van der Waals surface area contributed by atoms with Gasteiger partial charge in [-0.15, -0.1) is 0 Å². The Hall–Kier alpha value is -3.29. The van der Waals surface area contributed by atoms with Crippen LogP contribution in [-0.2, 0) is 33.2 Å². The largest absolute Gasteiger partial charge is 0.394 e. The number of hydrogen-bond acceptors (Lipinski definition) is 18. The molecule has 0 aromatic carbocycles. The second-order valence-corrected chi connectivity index (χ2v) is 28.5. The zero-order valence-corrected chi connectivity index (χ0v) is 63.1.